The van der Waals surface area contributed by atoms with Crippen molar-refractivity contribution in [3.05, 3.63) is 70.8 Å². The zero-order valence-electron chi connectivity index (χ0n) is 16.4. The molecule has 0 saturated carbocycles. The maximum atomic E-state index is 13.8. The number of hydrogen-bond acceptors (Lipinski definition) is 3. The van der Waals surface area contributed by atoms with Crippen LogP contribution >= 0.6 is 15.9 Å². The molecule has 158 valence electrons. The number of carbonyl (C=O) groups is 1. The summed E-state index contributed by atoms with van der Waals surface area (Å²) < 4.78 is 30.3. The number of fused-ring (bicyclic) bond motifs is 3. The van der Waals surface area contributed by atoms with Gasteiger partial charge in [0.05, 0.1) is 22.2 Å². The third-order valence-electron chi connectivity index (χ3n) is 5.44. The Morgan fingerprint density at radius 2 is 1.81 bits per heavy atom. The van der Waals surface area contributed by atoms with Gasteiger partial charge in [0.1, 0.15) is 11.6 Å². The van der Waals surface area contributed by atoms with Crippen LogP contribution in [-0.2, 0) is 0 Å². The lowest BCUT2D eigenvalue weighted by Crippen LogP contribution is -2.50. The van der Waals surface area contributed by atoms with Crippen LogP contribution in [0.4, 0.5) is 25.1 Å². The summed E-state index contributed by atoms with van der Waals surface area (Å²) >= 11 is 3.50. The summed E-state index contributed by atoms with van der Waals surface area (Å²) in [5, 5.41) is 2.46. The van der Waals surface area contributed by atoms with Gasteiger partial charge in [0.15, 0.2) is 5.82 Å². The first-order valence-corrected chi connectivity index (χ1v) is 10.6. The number of piperazine rings is 1. The van der Waals surface area contributed by atoms with E-state index < -0.39 is 17.7 Å². The van der Waals surface area contributed by atoms with Gasteiger partial charge >= 0.3 is 6.03 Å². The zero-order valence-corrected chi connectivity index (χ0v) is 17.9. The second-order valence-electron chi connectivity index (χ2n) is 7.36. The van der Waals surface area contributed by atoms with Crippen LogP contribution in [0.5, 0.6) is 0 Å². The van der Waals surface area contributed by atoms with Gasteiger partial charge in [-0.05, 0) is 42.5 Å². The van der Waals surface area contributed by atoms with Crippen LogP contribution in [0.1, 0.15) is 0 Å². The lowest BCUT2D eigenvalue weighted by molar-refractivity contribution is 0.208. The summed E-state index contributed by atoms with van der Waals surface area (Å²) in [6.07, 6.45) is 2.01. The Bertz CT molecular complexity index is 1300. The molecule has 2 aromatic heterocycles. The van der Waals surface area contributed by atoms with Gasteiger partial charge in [-0.15, -0.1) is 0 Å². The van der Waals surface area contributed by atoms with Crippen LogP contribution in [-0.4, -0.2) is 46.5 Å². The smallest absolute Gasteiger partial charge is 0.322 e. The number of aromatic nitrogens is 2. The molecule has 1 aliphatic rings. The first-order chi connectivity index (χ1) is 15.0. The van der Waals surface area contributed by atoms with Crippen LogP contribution in [0.15, 0.2) is 59.2 Å². The quantitative estimate of drug-likeness (QED) is 0.440. The summed E-state index contributed by atoms with van der Waals surface area (Å²) in [4.78, 5) is 21.2. The summed E-state index contributed by atoms with van der Waals surface area (Å²) in [5.74, 6) is -0.422. The molecule has 0 aliphatic carbocycles. The topological polar surface area (TPSA) is 52.9 Å². The van der Waals surface area contributed by atoms with Gasteiger partial charge in [-0.25, -0.2) is 18.6 Å². The fraction of sp³-hybridized carbons (Fsp3) is 0.182. The molecule has 0 spiro atoms. The van der Waals surface area contributed by atoms with E-state index in [2.05, 4.69) is 30.5 Å². The average molecular weight is 486 g/mol. The standard InChI is InChI=1S/C22H18BrF2N5O/c23-14-3-6-19-18(12-14)26-21(20-2-1-7-30(19)20)28-8-10-29(11-9-28)22(31)27-17-13-15(24)4-5-16(17)25/h1-7,12-13H,8-11H2,(H,27,31). The number of carbonyl (C=O) groups excluding carboxylic acids is 1. The van der Waals surface area contributed by atoms with E-state index in [0.29, 0.717) is 26.2 Å². The van der Waals surface area contributed by atoms with Crippen molar-refractivity contribution in [1.82, 2.24) is 14.3 Å². The molecule has 2 amide bonds. The molecule has 31 heavy (non-hydrogen) atoms. The number of halogens is 3. The van der Waals surface area contributed by atoms with Crippen LogP contribution in [0.3, 0.4) is 0 Å². The Kier molecular flexibility index (Phi) is 4.97. The normalized spacial score (nSPS) is 14.4. The second kappa shape index (κ2) is 7.81. The Hall–Kier alpha value is -3.20. The maximum absolute atomic E-state index is 13.8. The van der Waals surface area contributed by atoms with E-state index in [0.717, 1.165) is 45.0 Å². The monoisotopic (exact) mass is 485 g/mol. The highest BCUT2D eigenvalue weighted by Gasteiger charge is 2.24. The SMILES string of the molecule is O=C(Nc1cc(F)ccc1F)N1CCN(c2nc3cc(Br)ccc3n3cccc23)CC1. The molecule has 1 aliphatic heterocycles. The number of nitrogens with one attached hydrogen (secondary N) is 1. The molecule has 0 atom stereocenters. The Morgan fingerprint density at radius 1 is 1.00 bits per heavy atom. The van der Waals surface area contributed by atoms with E-state index in [4.69, 9.17) is 4.98 Å². The number of amides is 2. The van der Waals surface area contributed by atoms with Crippen molar-refractivity contribution in [3.8, 4) is 0 Å². The van der Waals surface area contributed by atoms with E-state index in [9.17, 15) is 13.6 Å². The van der Waals surface area contributed by atoms with Crippen molar-refractivity contribution in [1.29, 1.82) is 0 Å². The van der Waals surface area contributed by atoms with Crippen LogP contribution < -0.4 is 10.2 Å². The van der Waals surface area contributed by atoms with Crippen LogP contribution in [0.25, 0.3) is 16.6 Å². The minimum atomic E-state index is -0.671. The third kappa shape index (κ3) is 3.69. The Morgan fingerprint density at radius 3 is 2.61 bits per heavy atom. The van der Waals surface area contributed by atoms with Gasteiger partial charge in [0, 0.05) is 42.9 Å². The van der Waals surface area contributed by atoms with Crippen LogP contribution in [0, 0.1) is 11.6 Å². The predicted octanol–water partition coefficient (Wildman–Crippen LogP) is 4.88. The van der Waals surface area contributed by atoms with Gasteiger partial charge in [-0.3, -0.25) is 0 Å². The van der Waals surface area contributed by atoms with E-state index in [1.807, 2.05) is 36.5 Å². The number of benzene rings is 2. The first-order valence-electron chi connectivity index (χ1n) is 9.82. The van der Waals surface area contributed by atoms with E-state index >= 15 is 0 Å². The van der Waals surface area contributed by atoms with Crippen molar-refractivity contribution in [3.63, 3.8) is 0 Å². The minimum Gasteiger partial charge on any atom is -0.351 e. The molecule has 0 unspecified atom stereocenters. The molecular formula is C22H18BrF2N5O. The summed E-state index contributed by atoms with van der Waals surface area (Å²) in [6.45, 7) is 2.03. The molecule has 2 aromatic carbocycles. The van der Waals surface area contributed by atoms with Crippen LogP contribution in [0.2, 0.25) is 0 Å². The molecule has 9 heteroatoms. The molecular weight excluding hydrogens is 468 g/mol. The lowest BCUT2D eigenvalue weighted by atomic mass is 10.2. The van der Waals surface area contributed by atoms with Crippen molar-refractivity contribution < 1.29 is 13.6 Å². The van der Waals surface area contributed by atoms with Crippen molar-refractivity contribution in [2.75, 3.05) is 36.4 Å². The van der Waals surface area contributed by atoms with Crippen molar-refractivity contribution in [2.45, 2.75) is 0 Å². The molecule has 0 radical (unpaired) electrons. The third-order valence-corrected chi connectivity index (χ3v) is 5.93. The number of hydrogen-bond donors (Lipinski definition) is 1. The Labute approximate surface area is 185 Å². The maximum Gasteiger partial charge on any atom is 0.322 e. The van der Waals surface area contributed by atoms with Crippen molar-refractivity contribution in [2.24, 2.45) is 0 Å². The van der Waals surface area contributed by atoms with E-state index in [-0.39, 0.29) is 5.69 Å². The van der Waals surface area contributed by atoms with Gasteiger partial charge in [-0.2, -0.15) is 0 Å². The molecule has 1 fully saturated rings. The van der Waals surface area contributed by atoms with Gasteiger partial charge in [0.25, 0.3) is 0 Å². The van der Waals surface area contributed by atoms with E-state index in [1.165, 1.54) is 0 Å². The summed E-state index contributed by atoms with van der Waals surface area (Å²) in [6, 6.07) is 12.5. The largest absolute Gasteiger partial charge is 0.351 e. The summed E-state index contributed by atoms with van der Waals surface area (Å²) in [7, 11) is 0. The molecule has 0 bridgehead atoms. The fourth-order valence-electron chi connectivity index (χ4n) is 3.88. The van der Waals surface area contributed by atoms with Crippen molar-refractivity contribution >= 4 is 50.0 Å². The molecule has 3 heterocycles. The highest BCUT2D eigenvalue weighted by atomic mass is 79.9. The van der Waals surface area contributed by atoms with Gasteiger partial charge in [-0.1, -0.05) is 15.9 Å². The lowest BCUT2D eigenvalue weighted by Gasteiger charge is -2.35. The molecule has 5 rings (SSSR count). The molecule has 4 aromatic rings. The highest BCUT2D eigenvalue weighted by Crippen LogP contribution is 2.28. The fourth-order valence-corrected chi connectivity index (χ4v) is 4.23. The number of urea groups is 1. The highest BCUT2D eigenvalue weighted by molar-refractivity contribution is 9.10. The van der Waals surface area contributed by atoms with Gasteiger partial charge < -0.3 is 19.5 Å². The average Bonchev–Trinajstić information content (AvgIpc) is 3.25. The number of nitrogens with zero attached hydrogens (tertiary/aromatic N) is 4. The minimum absolute atomic E-state index is 0.163. The molecule has 1 N–H and O–H groups in total. The number of rotatable bonds is 2. The Balaban J connectivity index is 1.35. The summed E-state index contributed by atoms with van der Waals surface area (Å²) in [5.41, 5.74) is 2.72. The number of anilines is 2. The second-order valence-corrected chi connectivity index (χ2v) is 8.28. The first kappa shape index (κ1) is 19.7. The van der Waals surface area contributed by atoms with Gasteiger partial charge in [0.2, 0.25) is 0 Å². The molecule has 1 saturated heterocycles. The predicted molar refractivity (Wildman–Crippen MR) is 120 cm³/mol. The zero-order chi connectivity index (χ0) is 21.5. The molecule has 6 nitrogen and oxygen atoms in total. The van der Waals surface area contributed by atoms with E-state index in [1.54, 1.807) is 4.90 Å².